The molecule has 0 fully saturated rings. The number of benzene rings is 2. The van der Waals surface area contributed by atoms with E-state index >= 15 is 0 Å². The third kappa shape index (κ3) is 4.13. The average molecular weight is 377 g/mol. The highest BCUT2D eigenvalue weighted by Gasteiger charge is 2.23. The molecule has 1 aliphatic heterocycles. The van der Waals surface area contributed by atoms with E-state index in [1.54, 1.807) is 49.4 Å². The molecule has 1 atom stereocenters. The van der Waals surface area contributed by atoms with Crippen molar-refractivity contribution in [2.24, 2.45) is 0 Å². The van der Waals surface area contributed by atoms with Crippen molar-refractivity contribution in [1.29, 1.82) is 0 Å². The van der Waals surface area contributed by atoms with Crippen molar-refractivity contribution >= 4 is 52.5 Å². The lowest BCUT2D eigenvalue weighted by molar-refractivity contribution is -0.122. The molecule has 25 heavy (non-hydrogen) atoms. The topological polar surface area (TPSA) is 67.4 Å². The summed E-state index contributed by atoms with van der Waals surface area (Å²) in [6.07, 6.45) is 2.47. The average Bonchev–Trinajstić information content (AvgIpc) is 2.57. The first-order chi connectivity index (χ1) is 11.9. The predicted molar refractivity (Wildman–Crippen MR) is 99.3 cm³/mol. The summed E-state index contributed by atoms with van der Waals surface area (Å²) in [6.45, 7) is 1.67. The number of fused-ring (bicyclic) bond motifs is 1. The largest absolute Gasteiger partial charge is 0.479 e. The van der Waals surface area contributed by atoms with Gasteiger partial charge in [0.25, 0.3) is 5.91 Å². The van der Waals surface area contributed by atoms with E-state index in [0.29, 0.717) is 27.2 Å². The molecule has 2 N–H and O–H groups in total. The monoisotopic (exact) mass is 376 g/mol. The Kier molecular flexibility index (Phi) is 4.97. The Hall–Kier alpha value is -2.50. The van der Waals surface area contributed by atoms with Crippen molar-refractivity contribution in [2.45, 2.75) is 13.0 Å². The van der Waals surface area contributed by atoms with E-state index in [1.807, 2.05) is 0 Å². The molecule has 3 rings (SSSR count). The highest BCUT2D eigenvalue weighted by molar-refractivity contribution is 6.42. The van der Waals surface area contributed by atoms with Crippen LogP contribution in [0.2, 0.25) is 10.0 Å². The summed E-state index contributed by atoms with van der Waals surface area (Å²) in [5.74, 6) is 0.0226. The van der Waals surface area contributed by atoms with Gasteiger partial charge in [-0.05, 0) is 48.9 Å². The zero-order chi connectivity index (χ0) is 18.0. The molecular weight excluding hydrogens is 363 g/mol. The quantitative estimate of drug-likeness (QED) is 0.781. The maximum atomic E-state index is 12.0. The fraction of sp³-hybridized carbons (Fsp3) is 0.111. The minimum atomic E-state index is -0.540. The molecular formula is C18H14Cl2N2O3. The van der Waals surface area contributed by atoms with Crippen LogP contribution in [0.4, 0.5) is 11.4 Å². The van der Waals surface area contributed by atoms with Gasteiger partial charge in [-0.15, -0.1) is 0 Å². The lowest BCUT2D eigenvalue weighted by atomic mass is 10.2. The van der Waals surface area contributed by atoms with Gasteiger partial charge in [0.1, 0.15) is 5.75 Å². The lowest BCUT2D eigenvalue weighted by Gasteiger charge is -2.23. The molecule has 2 aromatic rings. The summed E-state index contributed by atoms with van der Waals surface area (Å²) >= 11 is 11.8. The number of rotatable bonds is 3. The molecule has 2 amide bonds. The minimum Gasteiger partial charge on any atom is -0.479 e. The Morgan fingerprint density at radius 2 is 2.00 bits per heavy atom. The van der Waals surface area contributed by atoms with Gasteiger partial charge in [0.2, 0.25) is 5.91 Å². The molecule has 0 saturated carbocycles. The molecule has 0 aliphatic carbocycles. The Labute approximate surface area is 154 Å². The summed E-state index contributed by atoms with van der Waals surface area (Å²) in [6, 6.07) is 10.1. The van der Waals surface area contributed by atoms with Crippen molar-refractivity contribution in [3.63, 3.8) is 0 Å². The second-order valence-electron chi connectivity index (χ2n) is 5.46. The minimum absolute atomic E-state index is 0.226. The number of anilines is 2. The molecule has 5 nitrogen and oxygen atoms in total. The number of hydrogen-bond acceptors (Lipinski definition) is 3. The van der Waals surface area contributed by atoms with E-state index in [9.17, 15) is 9.59 Å². The van der Waals surface area contributed by atoms with Gasteiger partial charge in [-0.25, -0.2) is 0 Å². The van der Waals surface area contributed by atoms with E-state index in [2.05, 4.69) is 10.6 Å². The van der Waals surface area contributed by atoms with Crippen LogP contribution in [0.1, 0.15) is 12.5 Å². The molecule has 0 unspecified atom stereocenters. The molecule has 0 bridgehead atoms. The Bertz CT molecular complexity index is 881. The molecule has 0 radical (unpaired) electrons. The molecule has 0 saturated heterocycles. The predicted octanol–water partition coefficient (Wildman–Crippen LogP) is 4.36. The van der Waals surface area contributed by atoms with Crippen LogP contribution in [0.25, 0.3) is 6.08 Å². The van der Waals surface area contributed by atoms with Crippen LogP contribution in [-0.2, 0) is 9.59 Å². The number of ether oxygens (including phenoxy) is 1. The van der Waals surface area contributed by atoms with Gasteiger partial charge in [-0.1, -0.05) is 29.3 Å². The normalized spacial score (nSPS) is 16.1. The molecule has 2 aromatic carbocycles. The molecule has 1 aliphatic rings. The number of nitrogens with one attached hydrogen (secondary N) is 2. The van der Waals surface area contributed by atoms with Gasteiger partial charge in [-0.2, -0.15) is 0 Å². The zero-order valence-electron chi connectivity index (χ0n) is 13.2. The van der Waals surface area contributed by atoms with Crippen LogP contribution in [0.3, 0.4) is 0 Å². The van der Waals surface area contributed by atoms with Crippen molar-refractivity contribution in [3.05, 3.63) is 58.1 Å². The van der Waals surface area contributed by atoms with Gasteiger partial charge in [0, 0.05) is 11.8 Å². The lowest BCUT2D eigenvalue weighted by Crippen LogP contribution is -2.34. The third-order valence-corrected chi connectivity index (χ3v) is 4.29. The fourth-order valence-electron chi connectivity index (χ4n) is 2.26. The Morgan fingerprint density at radius 1 is 1.20 bits per heavy atom. The van der Waals surface area contributed by atoms with Crippen molar-refractivity contribution in [3.8, 4) is 5.75 Å². The summed E-state index contributed by atoms with van der Waals surface area (Å²) in [5, 5.41) is 6.33. The maximum Gasteiger partial charge on any atom is 0.265 e. The first kappa shape index (κ1) is 17.3. The highest BCUT2D eigenvalue weighted by Crippen LogP contribution is 2.32. The van der Waals surface area contributed by atoms with Crippen molar-refractivity contribution in [2.75, 3.05) is 10.6 Å². The van der Waals surface area contributed by atoms with Gasteiger partial charge >= 0.3 is 0 Å². The SMILES string of the molecule is C[C@@H]1Oc2ccc(NC(=O)/C=C/c3ccc(Cl)c(Cl)c3)cc2NC1=O. The van der Waals surface area contributed by atoms with Gasteiger partial charge in [-0.3, -0.25) is 9.59 Å². The standard InChI is InChI=1S/C18H14Cl2N2O3/c1-10-18(24)22-15-9-12(4-6-16(15)25-10)21-17(23)7-3-11-2-5-13(19)14(20)8-11/h2-10H,1H3,(H,21,23)(H,22,24)/b7-3+/t10-/m0/s1. The Morgan fingerprint density at radius 3 is 2.76 bits per heavy atom. The van der Waals surface area contributed by atoms with Crippen molar-refractivity contribution < 1.29 is 14.3 Å². The van der Waals surface area contributed by atoms with E-state index in [-0.39, 0.29) is 11.8 Å². The molecule has 0 aromatic heterocycles. The van der Waals surface area contributed by atoms with E-state index in [0.717, 1.165) is 5.56 Å². The number of amides is 2. The molecule has 7 heteroatoms. The van der Waals surface area contributed by atoms with Crippen molar-refractivity contribution in [1.82, 2.24) is 0 Å². The summed E-state index contributed by atoms with van der Waals surface area (Å²) in [5.41, 5.74) is 1.82. The molecule has 0 spiro atoms. The molecule has 128 valence electrons. The summed E-state index contributed by atoms with van der Waals surface area (Å²) in [4.78, 5) is 23.7. The first-order valence-corrected chi connectivity index (χ1v) is 8.23. The summed E-state index contributed by atoms with van der Waals surface area (Å²) < 4.78 is 5.47. The maximum absolute atomic E-state index is 12.0. The smallest absolute Gasteiger partial charge is 0.265 e. The fourth-order valence-corrected chi connectivity index (χ4v) is 2.56. The second-order valence-corrected chi connectivity index (χ2v) is 6.27. The van der Waals surface area contributed by atoms with E-state index in [1.165, 1.54) is 6.08 Å². The number of carbonyl (C=O) groups is 2. The molecule has 1 heterocycles. The van der Waals surface area contributed by atoms with Gasteiger partial charge in [0.05, 0.1) is 15.7 Å². The van der Waals surface area contributed by atoms with E-state index < -0.39 is 6.10 Å². The van der Waals surface area contributed by atoms with Crippen LogP contribution >= 0.6 is 23.2 Å². The van der Waals surface area contributed by atoms with Crippen LogP contribution < -0.4 is 15.4 Å². The highest BCUT2D eigenvalue weighted by atomic mass is 35.5. The third-order valence-electron chi connectivity index (χ3n) is 3.55. The van der Waals surface area contributed by atoms with Crippen LogP contribution in [-0.4, -0.2) is 17.9 Å². The Balaban J connectivity index is 1.69. The number of hydrogen-bond donors (Lipinski definition) is 2. The number of halogens is 2. The van der Waals surface area contributed by atoms with Gasteiger partial charge < -0.3 is 15.4 Å². The van der Waals surface area contributed by atoms with Crippen LogP contribution in [0.15, 0.2) is 42.5 Å². The number of carbonyl (C=O) groups excluding carboxylic acids is 2. The van der Waals surface area contributed by atoms with E-state index in [4.69, 9.17) is 27.9 Å². The van der Waals surface area contributed by atoms with Crippen LogP contribution in [0, 0.1) is 0 Å². The van der Waals surface area contributed by atoms with Gasteiger partial charge in [0.15, 0.2) is 6.10 Å². The zero-order valence-corrected chi connectivity index (χ0v) is 14.7. The first-order valence-electron chi connectivity index (χ1n) is 7.48. The summed E-state index contributed by atoms with van der Waals surface area (Å²) in [7, 11) is 0. The van der Waals surface area contributed by atoms with Crippen LogP contribution in [0.5, 0.6) is 5.75 Å². The second kappa shape index (κ2) is 7.17.